The molecule has 2 rings (SSSR count). The summed E-state index contributed by atoms with van der Waals surface area (Å²) in [6.07, 6.45) is -23.0. The molecule has 0 spiro atoms. The van der Waals surface area contributed by atoms with E-state index in [4.69, 9.17) is 5.48 Å². The zero-order chi connectivity index (χ0) is 37.7. The Labute approximate surface area is 242 Å². The van der Waals surface area contributed by atoms with Gasteiger partial charge in [-0.2, -0.15) is 70.2 Å². The highest BCUT2D eigenvalue weighted by Gasteiger charge is 2.90. The number of hydrogen-bond acceptors (Lipinski definition) is 3. The number of benzene rings is 2. The third kappa shape index (κ3) is 6.73. The van der Waals surface area contributed by atoms with Crippen LogP contribution in [-0.2, 0) is 24.4 Å². The number of aliphatic hydroxyl groups is 2. The molecule has 0 heterocycles. The molecule has 44 heavy (non-hydrogen) atoms. The van der Waals surface area contributed by atoms with Crippen LogP contribution >= 0.6 is 0 Å². The van der Waals surface area contributed by atoms with Crippen LogP contribution < -0.4 is 0 Å². The highest BCUT2D eigenvalue weighted by molar-refractivity contribution is 5.67. The van der Waals surface area contributed by atoms with E-state index in [0.717, 1.165) is 18.2 Å². The minimum absolute atomic E-state index is 0.0390. The van der Waals surface area contributed by atoms with Crippen molar-refractivity contribution < 1.29 is 90.7 Å². The number of rotatable bonds is 12. The number of methoxy groups -OCH3 is 1. The van der Waals surface area contributed by atoms with Gasteiger partial charge in [-0.05, 0) is 58.0 Å². The molecule has 3 nitrogen and oxygen atoms in total. The third-order valence-corrected chi connectivity index (χ3v) is 6.09. The first kappa shape index (κ1) is 31.2. The van der Waals surface area contributed by atoms with E-state index in [0.29, 0.717) is 12.1 Å². The molecule has 0 saturated heterocycles. The molecule has 2 N–H and O–H groups in total. The van der Waals surface area contributed by atoms with E-state index >= 15 is 0 Å². The van der Waals surface area contributed by atoms with Crippen LogP contribution in [0.25, 0.3) is 11.1 Å². The molecule has 0 aliphatic rings. The molecule has 1 unspecified atom stereocenters. The average molecular weight is 676 g/mol. The van der Waals surface area contributed by atoms with E-state index in [1.165, 1.54) is 0 Å². The molecule has 1 atom stereocenters. The minimum Gasteiger partial charge on any atom is -0.392 e. The Hall–Kier alpha value is -2.80. The normalized spacial score (nSPS) is 17.4. The van der Waals surface area contributed by atoms with Crippen LogP contribution in [0.3, 0.4) is 0 Å². The zero-order valence-electron chi connectivity index (χ0n) is 25.1. The van der Waals surface area contributed by atoms with Crippen molar-refractivity contribution in [1.82, 2.24) is 0 Å². The third-order valence-electron chi connectivity index (χ3n) is 6.09. The first-order chi connectivity index (χ1) is 21.2. The lowest BCUT2D eigenvalue weighted by molar-refractivity contribution is -0.440. The van der Waals surface area contributed by atoms with Gasteiger partial charge in [-0.3, -0.25) is 0 Å². The van der Waals surface area contributed by atoms with Crippen molar-refractivity contribution in [2.24, 2.45) is 0 Å². The molecule has 0 amide bonds. The molecule has 0 fully saturated rings. The lowest BCUT2D eigenvalue weighted by atomic mass is 9.89. The molecular formula is C25H20F16O3. The molecule has 0 radical (unpaired) electrons. The van der Waals surface area contributed by atoms with Crippen LogP contribution in [0.15, 0.2) is 36.4 Å². The molecule has 19 heteroatoms. The van der Waals surface area contributed by atoms with Crippen molar-refractivity contribution in [2.45, 2.75) is 74.1 Å². The second-order valence-corrected chi connectivity index (χ2v) is 9.20. The second-order valence-electron chi connectivity index (χ2n) is 9.20. The van der Waals surface area contributed by atoms with Gasteiger partial charge in [0.15, 0.2) is 6.08 Å². The highest BCUT2D eigenvalue weighted by atomic mass is 19.4. The van der Waals surface area contributed by atoms with Gasteiger partial charge < -0.3 is 14.9 Å². The Kier molecular flexibility index (Phi) is 8.64. The first-order valence-electron chi connectivity index (χ1n) is 13.4. The van der Waals surface area contributed by atoms with E-state index in [1.54, 1.807) is 0 Å². The molecule has 0 aliphatic heterocycles. The Morgan fingerprint density at radius 1 is 0.636 bits per heavy atom. The van der Waals surface area contributed by atoms with Gasteiger partial charge in [-0.15, -0.1) is 0 Å². The molecular weight excluding hydrogens is 652 g/mol. The van der Waals surface area contributed by atoms with Gasteiger partial charge >= 0.3 is 42.0 Å². The molecule has 2 aromatic rings. The number of ether oxygens (including phenoxy) is 1. The van der Waals surface area contributed by atoms with Crippen molar-refractivity contribution in [3.63, 3.8) is 0 Å². The Morgan fingerprint density at radius 3 is 1.52 bits per heavy atom. The Balaban J connectivity index is 2.77. The number of hydrogen-bond donors (Lipinski definition) is 2. The van der Waals surface area contributed by atoms with E-state index in [2.05, 4.69) is 4.74 Å². The van der Waals surface area contributed by atoms with Crippen LogP contribution in [-0.4, -0.2) is 59.2 Å². The summed E-state index contributed by atoms with van der Waals surface area (Å²) in [6, 6.07) is 4.07. The predicted octanol–water partition coefficient (Wildman–Crippen LogP) is 8.26. The minimum atomic E-state index is -8.18. The first-order valence-corrected chi connectivity index (χ1v) is 11.4. The molecule has 0 bridgehead atoms. The quantitative estimate of drug-likeness (QED) is 0.223. The van der Waals surface area contributed by atoms with Crippen LogP contribution in [0.4, 0.5) is 70.2 Å². The van der Waals surface area contributed by atoms with E-state index < -0.39 is 97.8 Å². The molecule has 0 aromatic heterocycles. The largest absolute Gasteiger partial charge is 0.460 e. The van der Waals surface area contributed by atoms with Gasteiger partial charge in [0.05, 0.1) is 18.7 Å². The fourth-order valence-corrected chi connectivity index (χ4v) is 3.79. The standard InChI is InChI=1S/C25H20F16O3/c1-44-18(20(28,29)30)17-6-12(5-16(9-17)15-7-13(10-42)4-14(8-15)11-43)2-3-19(26,27)21(31,32)22(33,34)23(35,36)24(37,38)25(39,40)41/h4-9,18,42-43H,2-3,10-11H2,1H3/i1D3,18D. The summed E-state index contributed by atoms with van der Waals surface area (Å²) >= 11 is 0. The van der Waals surface area contributed by atoms with Gasteiger partial charge in [-0.25, -0.2) is 0 Å². The van der Waals surface area contributed by atoms with E-state index in [1.807, 2.05) is 0 Å². The maximum absolute atomic E-state index is 14.5. The van der Waals surface area contributed by atoms with Crippen LogP contribution in [0.1, 0.15) is 40.2 Å². The lowest BCUT2D eigenvalue weighted by Gasteiger charge is -2.39. The maximum atomic E-state index is 14.5. The van der Waals surface area contributed by atoms with Gasteiger partial charge in [0, 0.05) is 13.5 Å². The summed E-state index contributed by atoms with van der Waals surface area (Å²) in [4.78, 5) is 0. The van der Waals surface area contributed by atoms with Crippen LogP contribution in [0.5, 0.6) is 0 Å². The smallest absolute Gasteiger partial charge is 0.392 e. The van der Waals surface area contributed by atoms with E-state index in [9.17, 15) is 80.5 Å². The molecule has 250 valence electrons. The average Bonchev–Trinajstić information content (AvgIpc) is 2.93. The number of halogens is 16. The van der Waals surface area contributed by atoms with Gasteiger partial charge in [-0.1, -0.05) is 18.2 Å². The summed E-state index contributed by atoms with van der Waals surface area (Å²) in [6.45, 7) is -1.60. The summed E-state index contributed by atoms with van der Waals surface area (Å²) in [5.74, 6) is -38.5. The molecule has 0 saturated carbocycles. The van der Waals surface area contributed by atoms with Crippen molar-refractivity contribution in [1.29, 1.82) is 0 Å². The van der Waals surface area contributed by atoms with Crippen molar-refractivity contribution in [3.05, 3.63) is 58.7 Å². The molecule has 2 aromatic carbocycles. The second kappa shape index (κ2) is 12.2. The molecule has 0 aliphatic carbocycles. The Morgan fingerprint density at radius 2 is 1.09 bits per heavy atom. The van der Waals surface area contributed by atoms with Crippen LogP contribution in [0, 0.1) is 0 Å². The zero-order valence-corrected chi connectivity index (χ0v) is 21.1. The van der Waals surface area contributed by atoms with Gasteiger partial charge in [0.2, 0.25) is 0 Å². The Bertz CT molecular complexity index is 1440. The predicted molar refractivity (Wildman–Crippen MR) is 119 cm³/mol. The van der Waals surface area contributed by atoms with Crippen molar-refractivity contribution in [3.8, 4) is 11.1 Å². The van der Waals surface area contributed by atoms with Crippen molar-refractivity contribution >= 4 is 0 Å². The monoisotopic (exact) mass is 676 g/mol. The maximum Gasteiger partial charge on any atom is 0.460 e. The van der Waals surface area contributed by atoms with Crippen molar-refractivity contribution in [2.75, 3.05) is 7.04 Å². The van der Waals surface area contributed by atoms with E-state index in [-0.39, 0.29) is 22.8 Å². The fourth-order valence-electron chi connectivity index (χ4n) is 3.79. The number of aryl methyl sites for hydroxylation is 1. The van der Waals surface area contributed by atoms with Crippen LogP contribution in [0.2, 0.25) is 0 Å². The number of aliphatic hydroxyl groups excluding tert-OH is 2. The van der Waals surface area contributed by atoms with Gasteiger partial charge in [0.25, 0.3) is 0 Å². The number of alkyl halides is 16. The summed E-state index contributed by atoms with van der Waals surface area (Å²) in [5.41, 5.74) is -3.79. The summed E-state index contributed by atoms with van der Waals surface area (Å²) in [5, 5.41) is 18.9. The fraction of sp³-hybridized carbons (Fsp3) is 0.520. The highest BCUT2D eigenvalue weighted by Crippen LogP contribution is 2.60. The summed E-state index contributed by atoms with van der Waals surface area (Å²) < 4.78 is 251. The topological polar surface area (TPSA) is 49.7 Å². The van der Waals surface area contributed by atoms with Gasteiger partial charge in [0.1, 0.15) is 0 Å². The SMILES string of the molecule is [2H]C([2H])([2H])OC([2H])(c1cc(CCC(F)(F)C(F)(F)C(F)(F)C(F)(F)C(F)(F)C(F)(F)F)cc(-c2cc(CO)cc(CO)c2)c1)C(F)(F)F. The lowest BCUT2D eigenvalue weighted by Crippen LogP contribution is -2.70. The summed E-state index contributed by atoms with van der Waals surface area (Å²) in [7, 11) is -4.02.